The molecule has 0 spiro atoms. The van der Waals surface area contributed by atoms with Gasteiger partial charge in [0.2, 0.25) is 0 Å². The second kappa shape index (κ2) is 5.21. The molecule has 8 heteroatoms. The van der Waals surface area contributed by atoms with Gasteiger partial charge in [-0.25, -0.2) is 0 Å². The second-order valence-electron chi connectivity index (χ2n) is 2.87. The van der Waals surface area contributed by atoms with E-state index in [2.05, 4.69) is 96.0 Å². The molecule has 0 saturated carbocycles. The Bertz CT molecular complexity index is 530. The molecule has 16 heavy (non-hydrogen) atoms. The summed E-state index contributed by atoms with van der Waals surface area (Å²) in [6, 6.07) is 3.98. The summed E-state index contributed by atoms with van der Waals surface area (Å²) in [7, 11) is 0. The van der Waals surface area contributed by atoms with Gasteiger partial charge in [-0.1, -0.05) is 0 Å². The predicted octanol–water partition coefficient (Wildman–Crippen LogP) is 6.32. The summed E-state index contributed by atoms with van der Waals surface area (Å²) in [5.41, 5.74) is 2.02. The Morgan fingerprint density at radius 1 is 0.812 bits per heavy atom. The third-order valence-electron chi connectivity index (χ3n) is 1.97. The predicted molar refractivity (Wildman–Crippen MR) is 87.3 cm³/mol. The van der Waals surface area contributed by atoms with E-state index in [1.807, 2.05) is 19.3 Å². The van der Waals surface area contributed by atoms with E-state index in [1.54, 1.807) is 0 Å². The van der Waals surface area contributed by atoms with E-state index in [0.717, 1.165) is 29.5 Å². The Hall–Kier alpha value is 1.44. The lowest BCUT2D eigenvalue weighted by Gasteiger charge is -2.04. The maximum atomic E-state index is 3.55. The second-order valence-corrected chi connectivity index (χ2v) is 7.44. The molecule has 2 nitrogen and oxygen atoms in total. The summed E-state index contributed by atoms with van der Waals surface area (Å²) < 4.78 is 7.56. The van der Waals surface area contributed by atoms with Crippen molar-refractivity contribution in [2.45, 2.75) is 0 Å². The number of hydrogen-bond acceptors (Lipinski definition) is 0. The van der Waals surface area contributed by atoms with E-state index in [0.29, 0.717) is 0 Å². The van der Waals surface area contributed by atoms with Crippen LogP contribution in [0.25, 0.3) is 11.4 Å². The maximum absolute atomic E-state index is 3.55. The molecule has 2 rings (SSSR count). The van der Waals surface area contributed by atoms with Crippen molar-refractivity contribution in [2.75, 3.05) is 0 Å². The fraction of sp³-hybridized carbons (Fsp3) is 0. The molecule has 86 valence electrons. The van der Waals surface area contributed by atoms with Crippen molar-refractivity contribution in [3.8, 4) is 11.4 Å². The van der Waals surface area contributed by atoms with Crippen LogP contribution in [0.5, 0.6) is 0 Å². The van der Waals surface area contributed by atoms with Crippen molar-refractivity contribution in [3.05, 3.63) is 30.3 Å². The molecule has 0 aliphatic rings. The highest BCUT2D eigenvalue weighted by atomic mass is 79.9. The van der Waals surface area contributed by atoms with Crippen LogP contribution in [0.4, 0.5) is 0 Å². The highest BCUT2D eigenvalue weighted by molar-refractivity contribution is 9.15. The average Bonchev–Trinajstić information content (AvgIpc) is 2.66. The molecule has 0 aliphatic heterocycles. The Morgan fingerprint density at radius 3 is 1.81 bits per heavy atom. The van der Waals surface area contributed by atoms with Crippen LogP contribution in [0.3, 0.4) is 0 Å². The van der Waals surface area contributed by atoms with Gasteiger partial charge in [0.15, 0.2) is 0 Å². The Morgan fingerprint density at radius 2 is 1.44 bits per heavy atom. The first-order chi connectivity index (χ1) is 7.45. The monoisotopic (exact) mass is 600 g/mol. The summed E-state index contributed by atoms with van der Waals surface area (Å²) in [6.07, 6.45) is 0. The van der Waals surface area contributed by atoms with Gasteiger partial charge in [-0.3, -0.25) is 7.19 Å². The van der Waals surface area contributed by atoms with Crippen molar-refractivity contribution in [2.24, 2.45) is 0 Å². The third kappa shape index (κ3) is 2.18. The smallest absolute Gasteiger partial charge is 0.111 e. The lowest BCUT2D eigenvalue weighted by atomic mass is 10.3. The number of rotatable bonds is 1. The van der Waals surface area contributed by atoms with Gasteiger partial charge in [-0.2, -0.15) is 0 Å². The molecular formula is C8H2Br6N2. The normalized spacial score (nSPS) is 11.1. The van der Waals surface area contributed by atoms with Crippen molar-refractivity contribution in [1.82, 2.24) is 7.19 Å². The first kappa shape index (κ1) is 13.9. The SMILES string of the molecule is Brc1c(Br)c(-c2ccc(Br)n2Br)n(Br)c1Br. The molecule has 0 unspecified atom stereocenters. The molecule has 0 N–H and O–H groups in total. The average molecular weight is 606 g/mol. The molecule has 0 bridgehead atoms. The first-order valence-corrected chi connectivity index (χ1v) is 8.49. The Labute approximate surface area is 143 Å². The van der Waals surface area contributed by atoms with Crippen LogP contribution in [-0.2, 0) is 0 Å². The standard InChI is InChI=1S/C8H2Br6N2/c9-4-2-1-3(15(4)13)7-5(10)6(11)8(12)16(7)14/h1-2H. The van der Waals surface area contributed by atoms with E-state index < -0.39 is 0 Å². The van der Waals surface area contributed by atoms with Gasteiger partial charge < -0.3 is 0 Å². The Balaban J connectivity index is 2.74. The minimum absolute atomic E-state index is 0.916. The molecule has 0 fully saturated rings. The fourth-order valence-corrected chi connectivity index (χ4v) is 4.56. The molecule has 0 aliphatic carbocycles. The molecular weight excluding hydrogens is 604 g/mol. The van der Waals surface area contributed by atoms with Crippen molar-refractivity contribution in [1.29, 1.82) is 0 Å². The molecule has 2 heterocycles. The molecule has 0 atom stereocenters. The summed E-state index contributed by atoms with van der Waals surface area (Å²) in [5, 5.41) is 0. The lowest BCUT2D eigenvalue weighted by molar-refractivity contribution is 1.20. The number of aromatic nitrogens is 2. The van der Waals surface area contributed by atoms with E-state index in [-0.39, 0.29) is 0 Å². The summed E-state index contributed by atoms with van der Waals surface area (Å²) in [5.74, 6) is 0. The van der Waals surface area contributed by atoms with E-state index in [4.69, 9.17) is 0 Å². The topological polar surface area (TPSA) is 9.86 Å². The molecule has 0 aromatic carbocycles. The number of hydrogen-bond donors (Lipinski definition) is 0. The minimum Gasteiger partial charge on any atom is -0.268 e. The van der Waals surface area contributed by atoms with Gasteiger partial charge in [-0.15, -0.1) is 0 Å². The van der Waals surface area contributed by atoms with Gasteiger partial charge in [0.1, 0.15) is 4.60 Å². The van der Waals surface area contributed by atoms with Gasteiger partial charge in [0.25, 0.3) is 0 Å². The van der Waals surface area contributed by atoms with Gasteiger partial charge in [0, 0.05) is 0 Å². The summed E-state index contributed by atoms with van der Waals surface area (Å²) in [6.45, 7) is 0. The molecule has 0 amide bonds. The quantitative estimate of drug-likeness (QED) is 0.360. The van der Waals surface area contributed by atoms with Crippen LogP contribution < -0.4 is 0 Å². The zero-order chi connectivity index (χ0) is 12.0. The Kier molecular flexibility index (Phi) is 4.51. The van der Waals surface area contributed by atoms with Crippen LogP contribution >= 0.6 is 96.0 Å². The molecule has 0 radical (unpaired) electrons. The zero-order valence-electron chi connectivity index (χ0n) is 7.32. The summed E-state index contributed by atoms with van der Waals surface area (Å²) >= 11 is 20.9. The third-order valence-corrected chi connectivity index (χ3v) is 8.37. The van der Waals surface area contributed by atoms with E-state index >= 15 is 0 Å². The van der Waals surface area contributed by atoms with Gasteiger partial charge in [0.05, 0.1) is 57.2 Å². The van der Waals surface area contributed by atoms with Gasteiger partial charge in [-0.05, 0) is 75.9 Å². The molecule has 2 aromatic rings. The van der Waals surface area contributed by atoms with Crippen LogP contribution in [0.2, 0.25) is 0 Å². The lowest BCUT2D eigenvalue weighted by Crippen LogP contribution is -1.90. The van der Waals surface area contributed by atoms with Crippen molar-refractivity contribution >= 4 is 96.0 Å². The van der Waals surface area contributed by atoms with Crippen molar-refractivity contribution < 1.29 is 0 Å². The zero-order valence-corrected chi connectivity index (χ0v) is 16.8. The highest BCUT2D eigenvalue weighted by Crippen LogP contribution is 2.44. The highest BCUT2D eigenvalue weighted by Gasteiger charge is 2.21. The first-order valence-electron chi connectivity index (χ1n) is 3.90. The van der Waals surface area contributed by atoms with Gasteiger partial charge >= 0.3 is 0 Å². The number of halogens is 6. The van der Waals surface area contributed by atoms with Crippen molar-refractivity contribution in [3.63, 3.8) is 0 Å². The largest absolute Gasteiger partial charge is 0.268 e. The minimum atomic E-state index is 0.916. The van der Waals surface area contributed by atoms with Crippen LogP contribution in [0.1, 0.15) is 0 Å². The van der Waals surface area contributed by atoms with Crippen LogP contribution in [-0.4, -0.2) is 7.19 Å². The fourth-order valence-electron chi connectivity index (χ4n) is 1.24. The van der Waals surface area contributed by atoms with Crippen LogP contribution in [0.15, 0.2) is 30.3 Å². The molecule has 0 saturated heterocycles. The van der Waals surface area contributed by atoms with E-state index in [1.165, 1.54) is 0 Å². The summed E-state index contributed by atoms with van der Waals surface area (Å²) in [4.78, 5) is 0. The van der Waals surface area contributed by atoms with Crippen LogP contribution in [0, 0.1) is 0 Å². The van der Waals surface area contributed by atoms with E-state index in [9.17, 15) is 0 Å². The maximum Gasteiger partial charge on any atom is 0.111 e. The number of nitrogens with zero attached hydrogens (tertiary/aromatic N) is 2. The molecule has 2 aromatic heterocycles.